The van der Waals surface area contributed by atoms with Gasteiger partial charge in [0.1, 0.15) is 11.3 Å². The molecule has 0 saturated carbocycles. The highest BCUT2D eigenvalue weighted by molar-refractivity contribution is 5.82. The third-order valence-electron chi connectivity index (χ3n) is 4.86. The lowest BCUT2D eigenvalue weighted by Crippen LogP contribution is -2.31. The van der Waals surface area contributed by atoms with Crippen LogP contribution in [0.4, 0.5) is 0 Å². The Morgan fingerprint density at radius 2 is 1.86 bits per heavy atom. The van der Waals surface area contributed by atoms with Crippen LogP contribution in [-0.2, 0) is 13.1 Å². The summed E-state index contributed by atoms with van der Waals surface area (Å²) in [5.74, 6) is 0.726. The van der Waals surface area contributed by atoms with E-state index in [0.717, 1.165) is 28.0 Å². The Morgan fingerprint density at radius 1 is 1.10 bits per heavy atom. The molecule has 0 aliphatic carbocycles. The number of rotatable bonds is 8. The van der Waals surface area contributed by atoms with Crippen molar-refractivity contribution in [3.05, 3.63) is 78.0 Å². The molecule has 0 spiro atoms. The van der Waals surface area contributed by atoms with Crippen molar-refractivity contribution in [3.8, 4) is 11.5 Å². The predicted octanol–water partition coefficient (Wildman–Crippen LogP) is 3.13. The van der Waals surface area contributed by atoms with E-state index in [-0.39, 0.29) is 6.61 Å². The summed E-state index contributed by atoms with van der Waals surface area (Å²) in [7, 11) is 1.91. The summed E-state index contributed by atoms with van der Waals surface area (Å²) in [6, 6.07) is 20.1. The Morgan fingerprint density at radius 3 is 2.62 bits per heavy atom. The molecule has 0 saturated heterocycles. The minimum Gasteiger partial charge on any atom is -0.454 e. The van der Waals surface area contributed by atoms with Crippen molar-refractivity contribution in [1.82, 2.24) is 14.7 Å². The molecule has 4 aromatic rings. The number of furan rings is 1. The van der Waals surface area contributed by atoms with Crippen LogP contribution in [0, 0.1) is 0 Å². The minimum absolute atomic E-state index is 0.256. The highest BCUT2D eigenvalue weighted by Crippen LogP contribution is 2.30. The standard InChI is InChI=1S/C23H25N3O3/c1-25(15-20(28)16-27)13-19-14-26(12-17-7-3-2-4-8-17)24-23(19)22-11-18-9-5-6-10-21(18)29-22/h2-11,14,20,27-28H,12-13,15-16H2,1H3. The number of aromatic nitrogens is 2. The fraction of sp³-hybridized carbons (Fsp3) is 0.261. The number of benzene rings is 2. The molecule has 2 aromatic heterocycles. The largest absolute Gasteiger partial charge is 0.454 e. The maximum absolute atomic E-state index is 9.76. The van der Waals surface area contributed by atoms with Crippen molar-refractivity contribution >= 4 is 11.0 Å². The molecule has 0 bridgehead atoms. The summed E-state index contributed by atoms with van der Waals surface area (Å²) in [6.07, 6.45) is 1.26. The van der Waals surface area contributed by atoms with Crippen molar-refractivity contribution in [2.75, 3.05) is 20.2 Å². The zero-order valence-corrected chi connectivity index (χ0v) is 16.4. The molecule has 0 aliphatic rings. The molecule has 29 heavy (non-hydrogen) atoms. The summed E-state index contributed by atoms with van der Waals surface area (Å²) in [6.45, 7) is 1.36. The zero-order valence-electron chi connectivity index (χ0n) is 16.4. The van der Waals surface area contributed by atoms with Gasteiger partial charge >= 0.3 is 0 Å². The van der Waals surface area contributed by atoms with Gasteiger partial charge in [0.15, 0.2) is 5.76 Å². The van der Waals surface area contributed by atoms with Gasteiger partial charge in [0, 0.05) is 30.2 Å². The van der Waals surface area contributed by atoms with Crippen molar-refractivity contribution in [1.29, 1.82) is 0 Å². The second-order valence-corrected chi connectivity index (χ2v) is 7.37. The molecule has 4 rings (SSSR count). The number of hydrogen-bond acceptors (Lipinski definition) is 5. The Hall–Kier alpha value is -2.93. The Kier molecular flexibility index (Phi) is 5.76. The minimum atomic E-state index is -0.769. The molecule has 6 nitrogen and oxygen atoms in total. The first kappa shape index (κ1) is 19.4. The molecule has 2 N–H and O–H groups in total. The number of likely N-dealkylation sites (N-methyl/N-ethyl adjacent to an activating group) is 1. The molecule has 150 valence electrons. The molecular formula is C23H25N3O3. The van der Waals surface area contributed by atoms with E-state index in [1.54, 1.807) is 0 Å². The molecule has 6 heteroatoms. The van der Waals surface area contributed by atoms with Crippen LogP contribution in [0.2, 0.25) is 0 Å². The summed E-state index contributed by atoms with van der Waals surface area (Å²) < 4.78 is 7.98. The second kappa shape index (κ2) is 8.61. The number of fused-ring (bicyclic) bond motifs is 1. The van der Waals surface area contributed by atoms with Gasteiger partial charge in [-0.25, -0.2) is 0 Å². The van der Waals surface area contributed by atoms with Crippen LogP contribution >= 0.6 is 0 Å². The van der Waals surface area contributed by atoms with Crippen LogP contribution in [0.15, 0.2) is 71.3 Å². The van der Waals surface area contributed by atoms with E-state index in [2.05, 4.69) is 12.1 Å². The van der Waals surface area contributed by atoms with E-state index < -0.39 is 6.10 Å². The van der Waals surface area contributed by atoms with E-state index in [1.807, 2.05) is 71.4 Å². The number of hydrogen-bond donors (Lipinski definition) is 2. The molecule has 0 radical (unpaired) electrons. The van der Waals surface area contributed by atoms with Crippen molar-refractivity contribution < 1.29 is 14.6 Å². The first-order valence-corrected chi connectivity index (χ1v) is 9.69. The fourth-order valence-corrected chi connectivity index (χ4v) is 3.51. The van der Waals surface area contributed by atoms with E-state index in [4.69, 9.17) is 14.6 Å². The average molecular weight is 391 g/mol. The molecule has 0 aliphatic heterocycles. The van der Waals surface area contributed by atoms with E-state index >= 15 is 0 Å². The Labute approximate surface area is 169 Å². The summed E-state index contributed by atoms with van der Waals surface area (Å²) in [4.78, 5) is 1.97. The summed E-state index contributed by atoms with van der Waals surface area (Å²) in [5.41, 5.74) is 3.80. The molecular weight excluding hydrogens is 366 g/mol. The molecule has 0 amide bonds. The van der Waals surface area contributed by atoms with Gasteiger partial charge in [-0.15, -0.1) is 0 Å². The lowest BCUT2D eigenvalue weighted by atomic mass is 10.1. The fourth-order valence-electron chi connectivity index (χ4n) is 3.51. The monoisotopic (exact) mass is 391 g/mol. The highest BCUT2D eigenvalue weighted by atomic mass is 16.3. The maximum atomic E-state index is 9.76. The summed E-state index contributed by atoms with van der Waals surface area (Å²) in [5, 5.41) is 24.7. The smallest absolute Gasteiger partial charge is 0.156 e. The van der Waals surface area contributed by atoms with Gasteiger partial charge in [0.25, 0.3) is 0 Å². The third-order valence-corrected chi connectivity index (χ3v) is 4.86. The Balaban J connectivity index is 1.67. The van der Waals surface area contributed by atoms with Crippen molar-refractivity contribution in [3.63, 3.8) is 0 Å². The van der Waals surface area contributed by atoms with Gasteiger partial charge in [-0.05, 0) is 24.7 Å². The van der Waals surface area contributed by atoms with Gasteiger partial charge in [-0.2, -0.15) is 5.10 Å². The van der Waals surface area contributed by atoms with E-state index in [0.29, 0.717) is 19.6 Å². The first-order valence-electron chi connectivity index (χ1n) is 9.69. The van der Waals surface area contributed by atoms with Crippen LogP contribution in [0.3, 0.4) is 0 Å². The van der Waals surface area contributed by atoms with Gasteiger partial charge in [-0.1, -0.05) is 48.5 Å². The van der Waals surface area contributed by atoms with Gasteiger partial charge in [0.2, 0.25) is 0 Å². The van der Waals surface area contributed by atoms with E-state index in [1.165, 1.54) is 5.56 Å². The molecule has 1 atom stereocenters. The van der Waals surface area contributed by atoms with E-state index in [9.17, 15) is 5.11 Å². The molecule has 2 aromatic carbocycles. The molecule has 1 unspecified atom stereocenters. The average Bonchev–Trinajstić information content (AvgIpc) is 3.32. The third kappa shape index (κ3) is 4.56. The summed E-state index contributed by atoms with van der Waals surface area (Å²) >= 11 is 0. The quantitative estimate of drug-likeness (QED) is 0.483. The predicted molar refractivity (Wildman–Crippen MR) is 112 cm³/mol. The SMILES string of the molecule is CN(Cc1cn(Cc2ccccc2)nc1-c1cc2ccccc2o1)CC(O)CO. The first-order chi connectivity index (χ1) is 14.1. The second-order valence-electron chi connectivity index (χ2n) is 7.37. The van der Waals surface area contributed by atoms with Gasteiger partial charge < -0.3 is 14.6 Å². The number of nitrogens with zero attached hydrogens (tertiary/aromatic N) is 3. The normalized spacial score (nSPS) is 12.7. The molecule has 2 heterocycles. The number of para-hydroxylation sites is 1. The van der Waals surface area contributed by atoms with Crippen LogP contribution < -0.4 is 0 Å². The van der Waals surface area contributed by atoms with Gasteiger partial charge in [-0.3, -0.25) is 9.58 Å². The maximum Gasteiger partial charge on any atom is 0.156 e. The zero-order chi connectivity index (χ0) is 20.2. The topological polar surface area (TPSA) is 74.7 Å². The van der Waals surface area contributed by atoms with Crippen LogP contribution in [-0.4, -0.2) is 51.2 Å². The lowest BCUT2D eigenvalue weighted by molar-refractivity contribution is 0.0648. The number of aliphatic hydroxyl groups excluding tert-OH is 2. The van der Waals surface area contributed by atoms with Crippen LogP contribution in [0.1, 0.15) is 11.1 Å². The van der Waals surface area contributed by atoms with Crippen molar-refractivity contribution in [2.45, 2.75) is 19.2 Å². The van der Waals surface area contributed by atoms with Crippen LogP contribution in [0.25, 0.3) is 22.4 Å². The van der Waals surface area contributed by atoms with Gasteiger partial charge in [0.05, 0.1) is 19.3 Å². The highest BCUT2D eigenvalue weighted by Gasteiger charge is 2.18. The molecule has 0 fully saturated rings. The number of aliphatic hydroxyl groups is 2. The Bertz CT molecular complexity index is 1040. The van der Waals surface area contributed by atoms with Crippen molar-refractivity contribution in [2.24, 2.45) is 0 Å². The lowest BCUT2D eigenvalue weighted by Gasteiger charge is -2.18. The van der Waals surface area contributed by atoms with Crippen LogP contribution in [0.5, 0.6) is 0 Å².